The topological polar surface area (TPSA) is 70.4 Å². The van der Waals surface area contributed by atoms with E-state index in [0.29, 0.717) is 24.2 Å². The summed E-state index contributed by atoms with van der Waals surface area (Å²) in [4.78, 5) is 31.1. The van der Waals surface area contributed by atoms with Crippen LogP contribution in [0.3, 0.4) is 0 Å². The molecule has 3 aromatic rings. The Kier molecular flexibility index (Phi) is 5.84. The number of nitrogens with zero attached hydrogens (tertiary/aromatic N) is 2. The molecule has 2 heterocycles. The number of ether oxygens (including phenoxy) is 2. The third-order valence-corrected chi connectivity index (χ3v) is 5.85. The molecule has 0 aliphatic carbocycles. The number of benzene rings is 1. The van der Waals surface area contributed by atoms with Crippen molar-refractivity contribution >= 4 is 27.5 Å². The van der Waals surface area contributed by atoms with Crippen molar-refractivity contribution < 1.29 is 14.3 Å². The first-order valence-corrected chi connectivity index (χ1v) is 9.91. The Labute approximate surface area is 167 Å². The minimum absolute atomic E-state index is 0.0693. The van der Waals surface area contributed by atoms with Gasteiger partial charge in [0.2, 0.25) is 0 Å². The standard InChI is InChI=1S/C21H24N2O4S/c1-12-11-15(8-9-16(12)26-4)18-13(2)28-20-19(18)21(25)23(14(3)22-20)10-6-7-17(24)27-5/h8-9,11H,6-7,10H2,1-5H3. The molecule has 28 heavy (non-hydrogen) atoms. The molecule has 0 fully saturated rings. The summed E-state index contributed by atoms with van der Waals surface area (Å²) in [6.07, 6.45) is 0.800. The Balaban J connectivity index is 2.10. The maximum atomic E-state index is 13.3. The normalized spacial score (nSPS) is 11.0. The van der Waals surface area contributed by atoms with Crippen LogP contribution in [0.2, 0.25) is 0 Å². The molecule has 1 aromatic carbocycles. The number of esters is 1. The molecule has 0 spiro atoms. The number of rotatable bonds is 6. The van der Waals surface area contributed by atoms with Crippen LogP contribution in [0.25, 0.3) is 21.3 Å². The average molecular weight is 401 g/mol. The quantitative estimate of drug-likeness (QED) is 0.585. The van der Waals surface area contributed by atoms with E-state index in [4.69, 9.17) is 4.74 Å². The van der Waals surface area contributed by atoms with Crippen LogP contribution in [-0.4, -0.2) is 29.7 Å². The zero-order valence-corrected chi connectivity index (χ0v) is 17.6. The second kappa shape index (κ2) is 8.14. The minimum Gasteiger partial charge on any atom is -0.496 e. The Morgan fingerprint density at radius 2 is 1.96 bits per heavy atom. The first-order chi connectivity index (χ1) is 13.4. The molecule has 0 saturated heterocycles. The summed E-state index contributed by atoms with van der Waals surface area (Å²) in [6.45, 7) is 6.25. The van der Waals surface area contributed by atoms with Crippen molar-refractivity contribution in [1.29, 1.82) is 0 Å². The number of aryl methyl sites for hydroxylation is 3. The van der Waals surface area contributed by atoms with Crippen LogP contribution in [0.1, 0.15) is 29.1 Å². The highest BCUT2D eigenvalue weighted by atomic mass is 32.1. The van der Waals surface area contributed by atoms with Crippen LogP contribution < -0.4 is 10.3 Å². The number of thiophene rings is 1. The highest BCUT2D eigenvalue weighted by Crippen LogP contribution is 2.37. The van der Waals surface area contributed by atoms with Crippen molar-refractivity contribution in [3.63, 3.8) is 0 Å². The van der Waals surface area contributed by atoms with Gasteiger partial charge in [0.05, 0.1) is 19.6 Å². The number of hydrogen-bond acceptors (Lipinski definition) is 6. The maximum Gasteiger partial charge on any atom is 0.305 e. The molecule has 0 bridgehead atoms. The SMILES string of the molecule is COC(=O)CCCn1c(C)nc2sc(C)c(-c3ccc(OC)c(C)c3)c2c1=O. The lowest BCUT2D eigenvalue weighted by molar-refractivity contribution is -0.140. The van der Waals surface area contributed by atoms with Crippen molar-refractivity contribution in [1.82, 2.24) is 9.55 Å². The molecule has 0 saturated carbocycles. The van der Waals surface area contributed by atoms with Gasteiger partial charge in [0, 0.05) is 23.4 Å². The molecule has 148 valence electrons. The smallest absolute Gasteiger partial charge is 0.305 e. The van der Waals surface area contributed by atoms with Crippen molar-refractivity contribution in [2.45, 2.75) is 40.2 Å². The van der Waals surface area contributed by atoms with E-state index < -0.39 is 0 Å². The number of methoxy groups -OCH3 is 2. The van der Waals surface area contributed by atoms with Gasteiger partial charge in [-0.15, -0.1) is 11.3 Å². The van der Waals surface area contributed by atoms with Gasteiger partial charge in [-0.25, -0.2) is 4.98 Å². The van der Waals surface area contributed by atoms with Gasteiger partial charge >= 0.3 is 5.97 Å². The largest absolute Gasteiger partial charge is 0.496 e. The van der Waals surface area contributed by atoms with Gasteiger partial charge in [-0.05, 0) is 50.5 Å². The summed E-state index contributed by atoms with van der Waals surface area (Å²) in [5.74, 6) is 1.19. The van der Waals surface area contributed by atoms with Crippen molar-refractivity contribution in [2.75, 3.05) is 14.2 Å². The Hall–Kier alpha value is -2.67. The third-order valence-electron chi connectivity index (χ3n) is 4.85. The van der Waals surface area contributed by atoms with Gasteiger partial charge in [0.15, 0.2) is 0 Å². The fourth-order valence-corrected chi connectivity index (χ4v) is 4.51. The highest BCUT2D eigenvalue weighted by molar-refractivity contribution is 7.19. The third kappa shape index (κ3) is 3.67. The zero-order valence-electron chi connectivity index (χ0n) is 16.8. The molecular weight excluding hydrogens is 376 g/mol. The van der Waals surface area contributed by atoms with Crippen LogP contribution >= 0.6 is 11.3 Å². The van der Waals surface area contributed by atoms with E-state index in [2.05, 4.69) is 9.72 Å². The molecule has 7 heteroatoms. The fourth-order valence-electron chi connectivity index (χ4n) is 3.42. The van der Waals surface area contributed by atoms with Gasteiger partial charge in [-0.1, -0.05) is 6.07 Å². The number of carbonyl (C=O) groups excluding carboxylic acids is 1. The van der Waals surface area contributed by atoms with Gasteiger partial charge in [-0.2, -0.15) is 0 Å². The number of fused-ring (bicyclic) bond motifs is 1. The monoisotopic (exact) mass is 400 g/mol. The first kappa shape index (κ1) is 20.1. The van der Waals surface area contributed by atoms with Crippen LogP contribution in [-0.2, 0) is 16.1 Å². The van der Waals surface area contributed by atoms with E-state index in [1.807, 2.05) is 39.0 Å². The summed E-state index contributed by atoms with van der Waals surface area (Å²) in [7, 11) is 3.01. The second-order valence-corrected chi connectivity index (χ2v) is 7.90. The maximum absolute atomic E-state index is 13.3. The van der Waals surface area contributed by atoms with E-state index in [-0.39, 0.29) is 17.9 Å². The first-order valence-electron chi connectivity index (χ1n) is 9.09. The lowest BCUT2D eigenvalue weighted by atomic mass is 10.0. The summed E-state index contributed by atoms with van der Waals surface area (Å²) in [6, 6.07) is 5.93. The van der Waals surface area contributed by atoms with Crippen molar-refractivity contribution in [3.05, 3.63) is 44.8 Å². The summed E-state index contributed by atoms with van der Waals surface area (Å²) in [5.41, 5.74) is 2.84. The Morgan fingerprint density at radius 1 is 1.21 bits per heavy atom. The van der Waals surface area contributed by atoms with Crippen LogP contribution in [0.5, 0.6) is 5.75 Å². The van der Waals surface area contributed by atoms with Crippen molar-refractivity contribution in [2.24, 2.45) is 0 Å². The molecule has 3 rings (SSSR count). The number of hydrogen-bond donors (Lipinski definition) is 0. The Morgan fingerprint density at radius 3 is 2.61 bits per heavy atom. The Bertz CT molecular complexity index is 1100. The lowest BCUT2D eigenvalue weighted by Crippen LogP contribution is -2.24. The van der Waals surface area contributed by atoms with E-state index in [1.54, 1.807) is 11.7 Å². The van der Waals surface area contributed by atoms with E-state index >= 15 is 0 Å². The molecule has 0 aliphatic rings. The van der Waals surface area contributed by atoms with Crippen LogP contribution in [0, 0.1) is 20.8 Å². The molecule has 0 radical (unpaired) electrons. The lowest BCUT2D eigenvalue weighted by Gasteiger charge is -2.11. The molecule has 0 unspecified atom stereocenters. The summed E-state index contributed by atoms with van der Waals surface area (Å²) >= 11 is 1.53. The molecule has 0 amide bonds. The number of aromatic nitrogens is 2. The van der Waals surface area contributed by atoms with Gasteiger partial charge < -0.3 is 9.47 Å². The predicted molar refractivity (Wildman–Crippen MR) is 111 cm³/mol. The molecule has 0 atom stereocenters. The van der Waals surface area contributed by atoms with Crippen LogP contribution in [0.4, 0.5) is 0 Å². The van der Waals surface area contributed by atoms with E-state index in [0.717, 1.165) is 32.1 Å². The zero-order chi connectivity index (χ0) is 20.4. The highest BCUT2D eigenvalue weighted by Gasteiger charge is 2.19. The predicted octanol–water partition coefficient (Wildman–Crippen LogP) is 4.01. The molecule has 6 nitrogen and oxygen atoms in total. The van der Waals surface area contributed by atoms with Gasteiger partial charge in [0.25, 0.3) is 5.56 Å². The van der Waals surface area contributed by atoms with E-state index in [9.17, 15) is 9.59 Å². The van der Waals surface area contributed by atoms with E-state index in [1.165, 1.54) is 18.4 Å². The minimum atomic E-state index is -0.277. The fraction of sp³-hybridized carbons (Fsp3) is 0.381. The molecule has 0 aliphatic heterocycles. The summed E-state index contributed by atoms with van der Waals surface area (Å²) < 4.78 is 11.7. The molecule has 0 N–H and O–H groups in total. The van der Waals surface area contributed by atoms with Gasteiger partial charge in [0.1, 0.15) is 16.4 Å². The molecule has 2 aromatic heterocycles. The van der Waals surface area contributed by atoms with Crippen LogP contribution in [0.15, 0.2) is 23.0 Å². The average Bonchev–Trinajstić information content (AvgIpc) is 2.99. The number of carbonyl (C=O) groups is 1. The van der Waals surface area contributed by atoms with Gasteiger partial charge in [-0.3, -0.25) is 14.2 Å². The van der Waals surface area contributed by atoms with Crippen molar-refractivity contribution in [3.8, 4) is 16.9 Å². The second-order valence-electron chi connectivity index (χ2n) is 6.69. The summed E-state index contributed by atoms with van der Waals surface area (Å²) in [5, 5.41) is 0.635. The molecular formula is C21H24N2O4S.